The van der Waals surface area contributed by atoms with E-state index in [2.05, 4.69) is 0 Å². The van der Waals surface area contributed by atoms with Gasteiger partial charge >= 0.3 is 5.97 Å². The average Bonchev–Trinajstić information content (AvgIpc) is 2.78. The van der Waals surface area contributed by atoms with E-state index in [4.69, 9.17) is 9.84 Å². The van der Waals surface area contributed by atoms with Gasteiger partial charge in [0.05, 0.1) is 19.6 Å². The van der Waals surface area contributed by atoms with Crippen LogP contribution in [0.25, 0.3) is 0 Å². The summed E-state index contributed by atoms with van der Waals surface area (Å²) in [5, 5.41) is 8.66. The van der Waals surface area contributed by atoms with E-state index >= 15 is 0 Å². The molecule has 0 spiro atoms. The second-order valence-corrected chi connectivity index (χ2v) is 7.14. The lowest BCUT2D eigenvalue weighted by Crippen LogP contribution is -2.40. The molecule has 1 aliphatic heterocycles. The fourth-order valence-corrected chi connectivity index (χ4v) is 4.56. The minimum Gasteiger partial charge on any atom is -0.481 e. The number of hydrogen-bond donors (Lipinski definition) is 1. The molecule has 0 aromatic carbocycles. The van der Waals surface area contributed by atoms with Gasteiger partial charge in [-0.25, -0.2) is 8.42 Å². The van der Waals surface area contributed by atoms with Gasteiger partial charge in [-0.15, -0.1) is 11.3 Å². The van der Waals surface area contributed by atoms with Crippen molar-refractivity contribution in [3.05, 3.63) is 17.0 Å². The lowest BCUT2D eigenvalue weighted by atomic mass is 10.3. The summed E-state index contributed by atoms with van der Waals surface area (Å²) in [6.45, 7) is 1.47. The molecule has 6 nitrogen and oxygen atoms in total. The van der Waals surface area contributed by atoms with Crippen LogP contribution in [0.2, 0.25) is 0 Å². The molecule has 2 rings (SSSR count). The van der Waals surface area contributed by atoms with Crippen LogP contribution in [0, 0.1) is 0 Å². The molecule has 100 valence electrons. The fraction of sp³-hybridized carbons (Fsp3) is 0.500. The van der Waals surface area contributed by atoms with Gasteiger partial charge < -0.3 is 9.84 Å². The number of morpholine rings is 1. The Kier molecular flexibility index (Phi) is 4.00. The maximum atomic E-state index is 12.2. The predicted octanol–water partition coefficient (Wildman–Crippen LogP) is 0.396. The number of thiophene rings is 1. The van der Waals surface area contributed by atoms with Crippen LogP contribution in [0.3, 0.4) is 0 Å². The Morgan fingerprint density at radius 2 is 2.06 bits per heavy atom. The highest BCUT2D eigenvalue weighted by Crippen LogP contribution is 2.25. The molecule has 1 aromatic heterocycles. The summed E-state index contributed by atoms with van der Waals surface area (Å²) < 4.78 is 31.1. The third-order valence-electron chi connectivity index (χ3n) is 2.53. The van der Waals surface area contributed by atoms with Crippen molar-refractivity contribution in [2.45, 2.75) is 10.6 Å². The molecule has 1 saturated heterocycles. The Morgan fingerprint density at radius 3 is 2.67 bits per heavy atom. The van der Waals surface area contributed by atoms with Gasteiger partial charge in [0.1, 0.15) is 4.21 Å². The van der Waals surface area contributed by atoms with E-state index < -0.39 is 16.0 Å². The average molecular weight is 291 g/mol. The Labute approximate surface area is 109 Å². The summed E-state index contributed by atoms with van der Waals surface area (Å²) in [6.07, 6.45) is -0.150. The normalized spacial score (nSPS) is 17.8. The van der Waals surface area contributed by atoms with Gasteiger partial charge in [0.2, 0.25) is 0 Å². The summed E-state index contributed by atoms with van der Waals surface area (Å²) in [4.78, 5) is 11.1. The first kappa shape index (κ1) is 13.5. The zero-order valence-corrected chi connectivity index (χ0v) is 11.2. The van der Waals surface area contributed by atoms with Crippen molar-refractivity contribution in [3.63, 3.8) is 0 Å². The topological polar surface area (TPSA) is 83.9 Å². The lowest BCUT2D eigenvalue weighted by molar-refractivity contribution is -0.136. The molecule has 0 aliphatic carbocycles. The number of carbonyl (C=O) groups is 1. The second kappa shape index (κ2) is 5.35. The molecule has 18 heavy (non-hydrogen) atoms. The van der Waals surface area contributed by atoms with E-state index in [1.54, 1.807) is 6.07 Å². The van der Waals surface area contributed by atoms with Crippen molar-refractivity contribution in [1.82, 2.24) is 4.31 Å². The van der Waals surface area contributed by atoms with Crippen LogP contribution >= 0.6 is 11.3 Å². The number of carboxylic acid groups (broad SMARTS) is 1. The molecule has 1 N–H and O–H groups in total. The predicted molar refractivity (Wildman–Crippen MR) is 65.2 cm³/mol. The zero-order valence-electron chi connectivity index (χ0n) is 9.53. The number of aliphatic carboxylic acids is 1. The molecular weight excluding hydrogens is 278 g/mol. The molecular formula is C10H13NO5S2. The van der Waals surface area contributed by atoms with Crippen molar-refractivity contribution in [1.29, 1.82) is 0 Å². The monoisotopic (exact) mass is 291 g/mol. The first-order valence-corrected chi connectivity index (χ1v) is 7.64. The molecule has 0 amide bonds. The number of sulfonamides is 1. The highest BCUT2D eigenvalue weighted by Gasteiger charge is 2.27. The summed E-state index contributed by atoms with van der Waals surface area (Å²) in [5.74, 6) is -0.966. The van der Waals surface area contributed by atoms with Crippen molar-refractivity contribution >= 4 is 27.3 Å². The molecule has 0 radical (unpaired) electrons. The highest BCUT2D eigenvalue weighted by atomic mass is 32.2. The number of nitrogens with zero attached hydrogens (tertiary/aromatic N) is 1. The standard InChI is InChI=1S/C10H13NO5S2/c12-9(13)7-8-1-2-10(17-8)18(14,15)11-3-5-16-6-4-11/h1-2H,3-7H2,(H,12,13). The van der Waals surface area contributed by atoms with E-state index in [-0.39, 0.29) is 10.6 Å². The number of hydrogen-bond acceptors (Lipinski definition) is 5. The number of ether oxygens (including phenoxy) is 1. The molecule has 0 saturated carbocycles. The smallest absolute Gasteiger partial charge is 0.308 e. The maximum Gasteiger partial charge on any atom is 0.308 e. The fourth-order valence-electron chi connectivity index (χ4n) is 1.66. The van der Waals surface area contributed by atoms with E-state index in [1.165, 1.54) is 10.4 Å². The quantitative estimate of drug-likeness (QED) is 0.868. The van der Waals surface area contributed by atoms with Crippen LogP contribution in [0.15, 0.2) is 16.3 Å². The maximum absolute atomic E-state index is 12.2. The van der Waals surface area contributed by atoms with Crippen LogP contribution in [-0.2, 0) is 26.0 Å². The van der Waals surface area contributed by atoms with Crippen LogP contribution in [0.5, 0.6) is 0 Å². The summed E-state index contributed by atoms with van der Waals surface area (Å²) in [7, 11) is -3.50. The largest absolute Gasteiger partial charge is 0.481 e. The first-order valence-electron chi connectivity index (χ1n) is 5.38. The summed E-state index contributed by atoms with van der Waals surface area (Å²) in [5.41, 5.74) is 0. The molecule has 0 atom stereocenters. The van der Waals surface area contributed by atoms with Crippen LogP contribution < -0.4 is 0 Å². The van der Waals surface area contributed by atoms with E-state index in [1.807, 2.05) is 0 Å². The van der Waals surface area contributed by atoms with Crippen LogP contribution in [0.1, 0.15) is 4.88 Å². The highest BCUT2D eigenvalue weighted by molar-refractivity contribution is 7.91. The van der Waals surface area contributed by atoms with Crippen molar-refractivity contribution in [2.75, 3.05) is 26.3 Å². The molecule has 8 heteroatoms. The van der Waals surface area contributed by atoms with Crippen molar-refractivity contribution in [3.8, 4) is 0 Å². The Morgan fingerprint density at radius 1 is 1.39 bits per heavy atom. The van der Waals surface area contributed by atoms with Crippen LogP contribution in [0.4, 0.5) is 0 Å². The van der Waals surface area contributed by atoms with Gasteiger partial charge in [-0.2, -0.15) is 4.31 Å². The molecule has 2 heterocycles. The third-order valence-corrected chi connectivity index (χ3v) is 5.98. The molecule has 1 fully saturated rings. The van der Waals surface area contributed by atoms with Gasteiger partial charge in [-0.3, -0.25) is 4.79 Å². The minimum atomic E-state index is -3.50. The number of carboxylic acids is 1. The lowest BCUT2D eigenvalue weighted by Gasteiger charge is -2.25. The van der Waals surface area contributed by atoms with E-state index in [0.717, 1.165) is 11.3 Å². The Hall–Kier alpha value is -0.960. The van der Waals surface area contributed by atoms with Gasteiger partial charge in [-0.1, -0.05) is 0 Å². The first-order chi connectivity index (χ1) is 8.50. The van der Waals surface area contributed by atoms with Gasteiger partial charge in [0, 0.05) is 18.0 Å². The zero-order chi connectivity index (χ0) is 13.2. The third kappa shape index (κ3) is 2.89. The summed E-state index contributed by atoms with van der Waals surface area (Å²) >= 11 is 1.01. The van der Waals surface area contributed by atoms with E-state index in [9.17, 15) is 13.2 Å². The van der Waals surface area contributed by atoms with E-state index in [0.29, 0.717) is 31.2 Å². The Bertz CT molecular complexity index is 530. The molecule has 1 aromatic rings. The minimum absolute atomic E-state index is 0.150. The number of rotatable bonds is 4. The van der Waals surface area contributed by atoms with Crippen LogP contribution in [-0.4, -0.2) is 50.1 Å². The molecule has 1 aliphatic rings. The molecule has 0 bridgehead atoms. The van der Waals surface area contributed by atoms with Gasteiger partial charge in [0.15, 0.2) is 0 Å². The SMILES string of the molecule is O=C(O)Cc1ccc(S(=O)(=O)N2CCOCC2)s1. The summed E-state index contributed by atoms with van der Waals surface area (Å²) in [6, 6.07) is 3.01. The van der Waals surface area contributed by atoms with Crippen molar-refractivity contribution in [2.24, 2.45) is 0 Å². The molecule has 0 unspecified atom stereocenters. The Balaban J connectivity index is 2.18. The van der Waals surface area contributed by atoms with Gasteiger partial charge in [0.25, 0.3) is 10.0 Å². The van der Waals surface area contributed by atoms with Gasteiger partial charge in [-0.05, 0) is 12.1 Å². The van der Waals surface area contributed by atoms with Crippen molar-refractivity contribution < 1.29 is 23.1 Å². The second-order valence-electron chi connectivity index (χ2n) is 3.81.